The molecule has 0 radical (unpaired) electrons. The van der Waals surface area contributed by atoms with Crippen LogP contribution in [0.25, 0.3) is 28.1 Å². The lowest BCUT2D eigenvalue weighted by Crippen LogP contribution is -1.99. The molecule has 9 heteroatoms. The van der Waals surface area contributed by atoms with Crippen molar-refractivity contribution in [1.82, 2.24) is 9.97 Å². The molecule has 0 saturated heterocycles. The van der Waals surface area contributed by atoms with Crippen molar-refractivity contribution in [2.45, 2.75) is 0 Å². The Morgan fingerprint density at radius 3 is 2.81 bits per heavy atom. The zero-order chi connectivity index (χ0) is 19.6. The largest absolute Gasteiger partial charge is 0.494 e. The van der Waals surface area contributed by atoms with Gasteiger partial charge in [-0.3, -0.25) is 10.1 Å². The van der Waals surface area contributed by atoms with E-state index < -0.39 is 10.9 Å². The summed E-state index contributed by atoms with van der Waals surface area (Å²) < 4.78 is 5.40. The first-order chi connectivity index (χ1) is 12.9. The van der Waals surface area contributed by atoms with Crippen molar-refractivity contribution < 1.29 is 19.6 Å². The van der Waals surface area contributed by atoms with Crippen molar-refractivity contribution in [2.24, 2.45) is 0 Å². The molecular weight excluding hydrogens is 352 g/mol. The van der Waals surface area contributed by atoms with Crippen molar-refractivity contribution in [3.05, 3.63) is 58.3 Å². The summed E-state index contributed by atoms with van der Waals surface area (Å²) in [4.78, 5) is 29.7. The number of nitrogens with zero attached hydrogens (tertiary/aromatic N) is 3. The maximum absolute atomic E-state index is 11.1. The van der Waals surface area contributed by atoms with E-state index in [1.807, 2.05) is 0 Å². The Labute approximate surface area is 152 Å². The normalized spacial score (nSPS) is 11.0. The number of nitrogen functional groups attached to an aromatic ring is 1. The number of hydrogen-bond donors (Lipinski definition) is 2. The van der Waals surface area contributed by atoms with Gasteiger partial charge in [0.15, 0.2) is 5.75 Å². The molecule has 0 fully saturated rings. The van der Waals surface area contributed by atoms with Crippen LogP contribution in [-0.4, -0.2) is 33.1 Å². The van der Waals surface area contributed by atoms with E-state index >= 15 is 0 Å². The highest BCUT2D eigenvalue weighted by atomic mass is 16.6. The average Bonchev–Trinajstić information content (AvgIpc) is 2.65. The van der Waals surface area contributed by atoms with Crippen LogP contribution in [0.4, 0.5) is 11.6 Å². The van der Waals surface area contributed by atoms with Crippen LogP contribution in [0.5, 0.6) is 5.75 Å². The second-order valence-corrected chi connectivity index (χ2v) is 5.52. The molecule has 3 rings (SSSR count). The Morgan fingerprint density at radius 1 is 1.37 bits per heavy atom. The van der Waals surface area contributed by atoms with Crippen molar-refractivity contribution in [3.8, 4) is 16.9 Å². The van der Waals surface area contributed by atoms with Gasteiger partial charge in [0.05, 0.1) is 12.0 Å². The van der Waals surface area contributed by atoms with Crippen molar-refractivity contribution in [3.63, 3.8) is 0 Å². The molecule has 0 bridgehead atoms. The number of aromatic nitrogens is 2. The van der Waals surface area contributed by atoms with Gasteiger partial charge in [0.25, 0.3) is 5.69 Å². The van der Waals surface area contributed by atoms with Gasteiger partial charge in [-0.1, -0.05) is 12.1 Å². The summed E-state index contributed by atoms with van der Waals surface area (Å²) in [5.41, 5.74) is 7.56. The van der Waals surface area contributed by atoms with E-state index in [1.54, 1.807) is 18.2 Å². The van der Waals surface area contributed by atoms with E-state index in [0.29, 0.717) is 33.3 Å². The molecule has 0 atom stereocenters. The summed E-state index contributed by atoms with van der Waals surface area (Å²) >= 11 is 0. The lowest BCUT2D eigenvalue weighted by atomic mass is 9.97. The van der Waals surface area contributed by atoms with E-state index in [9.17, 15) is 14.9 Å². The van der Waals surface area contributed by atoms with Crippen LogP contribution in [0, 0.1) is 10.1 Å². The molecule has 3 aromatic rings. The predicted octanol–water partition coefficient (Wildman–Crippen LogP) is 2.89. The van der Waals surface area contributed by atoms with Crippen LogP contribution in [0.3, 0.4) is 0 Å². The first-order valence-electron chi connectivity index (χ1n) is 7.69. The third kappa shape index (κ3) is 3.52. The van der Waals surface area contributed by atoms with Gasteiger partial charge in [-0.2, -0.15) is 0 Å². The van der Waals surface area contributed by atoms with Crippen LogP contribution in [0.15, 0.2) is 42.6 Å². The number of ether oxygens (including phenoxy) is 1. The fourth-order valence-electron chi connectivity index (χ4n) is 2.73. The molecular formula is C18H14N4O5. The zero-order valence-corrected chi connectivity index (χ0v) is 14.1. The topological polar surface area (TPSA) is 141 Å². The number of anilines is 1. The van der Waals surface area contributed by atoms with Gasteiger partial charge in [-0.05, 0) is 23.3 Å². The fourth-order valence-corrected chi connectivity index (χ4v) is 2.73. The highest BCUT2D eigenvalue weighted by Gasteiger charge is 2.17. The summed E-state index contributed by atoms with van der Waals surface area (Å²) in [6.45, 7) is 0. The number of benzene rings is 2. The smallest absolute Gasteiger partial charge is 0.328 e. The number of nitro benzene ring substituents is 1. The molecule has 0 aliphatic rings. The van der Waals surface area contributed by atoms with Crippen LogP contribution in [-0.2, 0) is 4.79 Å². The Hall–Kier alpha value is -4.01. The average molecular weight is 366 g/mol. The number of hydrogen-bond acceptors (Lipinski definition) is 7. The van der Waals surface area contributed by atoms with Crippen LogP contribution in [0.1, 0.15) is 5.56 Å². The summed E-state index contributed by atoms with van der Waals surface area (Å²) in [6, 6.07) is 7.74. The van der Waals surface area contributed by atoms with E-state index in [1.165, 1.54) is 31.5 Å². The lowest BCUT2D eigenvalue weighted by Gasteiger charge is -2.13. The second-order valence-electron chi connectivity index (χ2n) is 5.52. The van der Waals surface area contributed by atoms with Crippen molar-refractivity contribution >= 4 is 34.6 Å². The van der Waals surface area contributed by atoms with Crippen LogP contribution >= 0.6 is 0 Å². The Bertz CT molecular complexity index is 1090. The second kappa shape index (κ2) is 7.08. The van der Waals surface area contributed by atoms with Crippen LogP contribution in [0.2, 0.25) is 0 Å². The Morgan fingerprint density at radius 2 is 2.15 bits per heavy atom. The number of rotatable bonds is 5. The summed E-state index contributed by atoms with van der Waals surface area (Å²) in [7, 11) is 1.43. The first kappa shape index (κ1) is 17.8. The number of aliphatic carboxylic acids is 1. The highest BCUT2D eigenvalue weighted by molar-refractivity contribution is 6.01. The molecule has 2 aromatic carbocycles. The number of carboxylic acids is 1. The molecule has 1 aromatic heterocycles. The molecule has 1 heterocycles. The van der Waals surface area contributed by atoms with Gasteiger partial charge >= 0.3 is 5.97 Å². The van der Waals surface area contributed by atoms with Gasteiger partial charge in [-0.25, -0.2) is 14.8 Å². The maximum Gasteiger partial charge on any atom is 0.328 e. The summed E-state index contributed by atoms with van der Waals surface area (Å²) in [5.74, 6) is -0.785. The molecule has 0 spiro atoms. The molecule has 0 saturated carbocycles. The molecule has 0 amide bonds. The number of fused-ring (bicyclic) bond motifs is 1. The standard InChI is InChI=1S/C18H14N4O5/c1-27-17-11(5-6-15(23)24)8-13(14-9-20-18(19)21-16(14)17)10-3-2-4-12(7-10)22(25)26/h2-9H,1H3,(H,23,24)(H2,19,20,21)/b6-5+. The van der Waals surface area contributed by atoms with E-state index in [2.05, 4.69) is 9.97 Å². The van der Waals surface area contributed by atoms with Gasteiger partial charge in [0.2, 0.25) is 5.95 Å². The van der Waals surface area contributed by atoms with Gasteiger partial charge in [0.1, 0.15) is 5.52 Å². The lowest BCUT2D eigenvalue weighted by molar-refractivity contribution is -0.384. The summed E-state index contributed by atoms with van der Waals surface area (Å²) in [6.07, 6.45) is 3.82. The quantitative estimate of drug-likeness (QED) is 0.399. The third-order valence-corrected chi connectivity index (χ3v) is 3.85. The minimum atomic E-state index is -1.13. The molecule has 9 nitrogen and oxygen atoms in total. The molecule has 136 valence electrons. The van der Waals surface area contributed by atoms with Crippen LogP contribution < -0.4 is 10.5 Å². The predicted molar refractivity (Wildman–Crippen MR) is 99.3 cm³/mol. The number of methoxy groups -OCH3 is 1. The number of nitrogens with two attached hydrogens (primary N) is 1. The SMILES string of the molecule is COc1c(/C=C/C(=O)O)cc(-c2cccc([N+](=O)[O-])c2)c2cnc(N)nc12. The minimum Gasteiger partial charge on any atom is -0.494 e. The fraction of sp³-hybridized carbons (Fsp3) is 0.0556. The monoisotopic (exact) mass is 366 g/mol. The van der Waals surface area contributed by atoms with E-state index in [4.69, 9.17) is 15.6 Å². The molecule has 3 N–H and O–H groups in total. The third-order valence-electron chi connectivity index (χ3n) is 3.85. The maximum atomic E-state index is 11.1. The zero-order valence-electron chi connectivity index (χ0n) is 14.1. The van der Waals surface area contributed by atoms with Gasteiger partial charge < -0.3 is 15.6 Å². The first-order valence-corrected chi connectivity index (χ1v) is 7.69. The van der Waals surface area contributed by atoms with Crippen molar-refractivity contribution in [2.75, 3.05) is 12.8 Å². The van der Waals surface area contributed by atoms with E-state index in [0.717, 1.165) is 6.08 Å². The number of non-ortho nitro benzene ring substituents is 1. The Kier molecular flexibility index (Phi) is 4.67. The summed E-state index contributed by atoms with van der Waals surface area (Å²) in [5, 5.41) is 20.6. The van der Waals surface area contributed by atoms with Crippen molar-refractivity contribution in [1.29, 1.82) is 0 Å². The number of carboxylic acid groups (broad SMARTS) is 1. The molecule has 0 unspecified atom stereocenters. The van der Waals surface area contributed by atoms with Gasteiger partial charge in [0, 0.05) is 35.4 Å². The molecule has 0 aliphatic carbocycles. The molecule has 27 heavy (non-hydrogen) atoms. The number of carbonyl (C=O) groups is 1. The van der Waals surface area contributed by atoms with E-state index in [-0.39, 0.29) is 11.6 Å². The Balaban J connectivity index is 2.36. The minimum absolute atomic E-state index is 0.0187. The molecule has 0 aliphatic heterocycles. The number of nitro groups is 1. The van der Waals surface area contributed by atoms with Gasteiger partial charge in [-0.15, -0.1) is 0 Å². The highest BCUT2D eigenvalue weighted by Crippen LogP contribution is 2.38.